The molecule has 0 saturated heterocycles. The summed E-state index contributed by atoms with van der Waals surface area (Å²) in [5, 5.41) is 2.96. The van der Waals surface area contributed by atoms with E-state index >= 15 is 0 Å². The summed E-state index contributed by atoms with van der Waals surface area (Å²) in [6.07, 6.45) is 4.01. The fraction of sp³-hybridized carbons (Fsp3) is 0.455. The fourth-order valence-corrected chi connectivity index (χ4v) is 4.18. The molecule has 0 aliphatic carbocycles. The maximum Gasteiger partial charge on any atom is 0.261 e. The van der Waals surface area contributed by atoms with Crippen LogP contribution in [0.4, 0.5) is 5.69 Å². The number of anilines is 1. The lowest BCUT2D eigenvalue weighted by molar-refractivity contribution is 0.102. The van der Waals surface area contributed by atoms with Gasteiger partial charge < -0.3 is 9.88 Å². The molecule has 0 fully saturated rings. The van der Waals surface area contributed by atoms with Crippen LogP contribution >= 0.6 is 15.9 Å². The van der Waals surface area contributed by atoms with Gasteiger partial charge in [-0.2, -0.15) is 0 Å². The summed E-state index contributed by atoms with van der Waals surface area (Å²) < 4.78 is 2.62. The number of nitrogens with zero attached hydrogens (tertiary/aromatic N) is 1. The van der Waals surface area contributed by atoms with Gasteiger partial charge in [0.2, 0.25) is 5.43 Å². The Bertz CT molecular complexity index is 880. The fourth-order valence-electron chi connectivity index (χ4n) is 3.48. The predicted octanol–water partition coefficient (Wildman–Crippen LogP) is 5.54. The highest BCUT2D eigenvalue weighted by atomic mass is 79.9. The van der Waals surface area contributed by atoms with Crippen molar-refractivity contribution in [2.24, 2.45) is 0 Å². The number of rotatable bonds is 7. The smallest absolute Gasteiger partial charge is 0.261 e. The first-order valence-electron chi connectivity index (χ1n) is 9.62. The number of benzene rings is 1. The Balaban J connectivity index is 2.52. The quantitative estimate of drug-likeness (QED) is 0.583. The molecule has 0 bridgehead atoms. The highest BCUT2D eigenvalue weighted by molar-refractivity contribution is 9.10. The first-order valence-corrected chi connectivity index (χ1v) is 10.4. The molecule has 0 saturated carbocycles. The van der Waals surface area contributed by atoms with Crippen molar-refractivity contribution in [1.82, 2.24) is 4.57 Å². The number of pyridine rings is 1. The van der Waals surface area contributed by atoms with Gasteiger partial charge in [-0.1, -0.05) is 44.9 Å². The average molecular weight is 433 g/mol. The first kappa shape index (κ1) is 21.4. The van der Waals surface area contributed by atoms with Crippen LogP contribution in [-0.4, -0.2) is 10.5 Å². The Labute approximate surface area is 170 Å². The summed E-state index contributed by atoms with van der Waals surface area (Å²) in [7, 11) is 0. The van der Waals surface area contributed by atoms with Crippen molar-refractivity contribution in [1.29, 1.82) is 0 Å². The van der Waals surface area contributed by atoms with Crippen LogP contribution in [0.25, 0.3) is 0 Å². The second kappa shape index (κ2) is 9.36. The van der Waals surface area contributed by atoms with Gasteiger partial charge in [-0.15, -0.1) is 0 Å². The number of nitrogens with one attached hydrogen (secondary N) is 1. The van der Waals surface area contributed by atoms with E-state index in [9.17, 15) is 9.59 Å². The minimum Gasteiger partial charge on any atom is -0.347 e. The molecule has 1 amide bonds. The van der Waals surface area contributed by atoms with Gasteiger partial charge in [0.05, 0.1) is 4.47 Å². The number of aryl methyl sites for hydroxylation is 2. The van der Waals surface area contributed by atoms with Crippen LogP contribution < -0.4 is 10.7 Å². The van der Waals surface area contributed by atoms with Gasteiger partial charge in [-0.05, 0) is 60.7 Å². The predicted molar refractivity (Wildman–Crippen MR) is 116 cm³/mol. The molecule has 2 rings (SSSR count). The van der Waals surface area contributed by atoms with E-state index in [1.54, 1.807) is 0 Å². The van der Waals surface area contributed by atoms with Crippen LogP contribution in [-0.2, 0) is 13.0 Å². The van der Waals surface area contributed by atoms with Crippen LogP contribution in [0.15, 0.2) is 27.5 Å². The average Bonchev–Trinajstić information content (AvgIpc) is 2.63. The van der Waals surface area contributed by atoms with Gasteiger partial charge in [0.25, 0.3) is 5.91 Å². The highest BCUT2D eigenvalue weighted by Gasteiger charge is 2.22. The number of para-hydroxylation sites is 1. The molecule has 1 aromatic heterocycles. The van der Waals surface area contributed by atoms with Crippen LogP contribution in [0.3, 0.4) is 0 Å². The van der Waals surface area contributed by atoms with E-state index in [0.29, 0.717) is 4.47 Å². The van der Waals surface area contributed by atoms with E-state index in [1.807, 2.05) is 45.9 Å². The van der Waals surface area contributed by atoms with Crippen molar-refractivity contribution < 1.29 is 4.79 Å². The number of amides is 1. The second-order valence-corrected chi connectivity index (χ2v) is 7.78. The van der Waals surface area contributed by atoms with Crippen LogP contribution in [0.1, 0.15) is 66.0 Å². The number of hydrogen-bond donors (Lipinski definition) is 1. The maximum atomic E-state index is 13.0. The minimum absolute atomic E-state index is 0.221. The van der Waals surface area contributed by atoms with E-state index < -0.39 is 0 Å². The molecule has 0 aliphatic rings. The molecular weight excluding hydrogens is 404 g/mol. The topological polar surface area (TPSA) is 51.1 Å². The first-order chi connectivity index (χ1) is 12.8. The normalized spacial score (nSPS) is 10.9. The zero-order chi connectivity index (χ0) is 20.1. The van der Waals surface area contributed by atoms with E-state index in [1.165, 1.54) is 0 Å². The third-order valence-corrected chi connectivity index (χ3v) is 5.86. The van der Waals surface area contributed by atoms with Crippen molar-refractivity contribution >= 4 is 27.5 Å². The van der Waals surface area contributed by atoms with Crippen molar-refractivity contribution in [3.8, 4) is 0 Å². The molecule has 4 nitrogen and oxygen atoms in total. The molecular formula is C22H29BrN2O2. The van der Waals surface area contributed by atoms with Gasteiger partial charge >= 0.3 is 0 Å². The number of halogens is 1. The van der Waals surface area contributed by atoms with Gasteiger partial charge in [-0.25, -0.2) is 0 Å². The Morgan fingerprint density at radius 2 is 1.74 bits per heavy atom. The molecule has 1 aromatic carbocycles. The third-order valence-electron chi connectivity index (χ3n) is 5.04. The van der Waals surface area contributed by atoms with Crippen molar-refractivity contribution in [3.63, 3.8) is 0 Å². The number of unbranched alkanes of at least 4 members (excludes halogenated alkanes) is 2. The van der Waals surface area contributed by atoms with Crippen LogP contribution in [0.5, 0.6) is 0 Å². The number of hydrogen-bond acceptors (Lipinski definition) is 2. The Kier molecular flexibility index (Phi) is 7.42. The van der Waals surface area contributed by atoms with Crippen molar-refractivity contribution in [2.75, 3.05) is 5.32 Å². The lowest BCUT2D eigenvalue weighted by Gasteiger charge is -2.21. The molecule has 0 spiro atoms. The number of carbonyl (C=O) groups is 1. The van der Waals surface area contributed by atoms with E-state index in [2.05, 4.69) is 32.7 Å². The zero-order valence-electron chi connectivity index (χ0n) is 16.9. The van der Waals surface area contributed by atoms with Crippen LogP contribution in [0.2, 0.25) is 0 Å². The Morgan fingerprint density at radius 3 is 2.30 bits per heavy atom. The monoisotopic (exact) mass is 432 g/mol. The van der Waals surface area contributed by atoms with Crippen LogP contribution in [0, 0.1) is 20.8 Å². The van der Waals surface area contributed by atoms with E-state index in [4.69, 9.17) is 0 Å². The Morgan fingerprint density at radius 1 is 1.11 bits per heavy atom. The molecule has 1 heterocycles. The lowest BCUT2D eigenvalue weighted by atomic mass is 10.1. The highest BCUT2D eigenvalue weighted by Crippen LogP contribution is 2.23. The number of carbonyl (C=O) groups excluding carboxylic acids is 1. The SMILES string of the molecule is CCCCCn1c(C)c(C(=O)Nc2c(C)cccc2C)c(=O)c(Br)c1CC. The largest absolute Gasteiger partial charge is 0.347 e. The second-order valence-electron chi connectivity index (χ2n) is 6.98. The van der Waals surface area contributed by atoms with Gasteiger partial charge in [0.15, 0.2) is 0 Å². The van der Waals surface area contributed by atoms with Crippen molar-refractivity contribution in [2.45, 2.75) is 66.8 Å². The van der Waals surface area contributed by atoms with E-state index in [-0.39, 0.29) is 16.9 Å². The maximum absolute atomic E-state index is 13.0. The summed E-state index contributed by atoms with van der Waals surface area (Å²) in [5.74, 6) is -0.345. The molecule has 0 radical (unpaired) electrons. The van der Waals surface area contributed by atoms with Crippen molar-refractivity contribution in [3.05, 3.63) is 61.0 Å². The summed E-state index contributed by atoms with van der Waals surface area (Å²) >= 11 is 3.45. The molecule has 2 aromatic rings. The zero-order valence-corrected chi connectivity index (χ0v) is 18.5. The molecule has 1 N–H and O–H groups in total. The third kappa shape index (κ3) is 4.52. The minimum atomic E-state index is -0.345. The summed E-state index contributed by atoms with van der Waals surface area (Å²) in [4.78, 5) is 26.0. The van der Waals surface area contributed by atoms with Gasteiger partial charge in [0.1, 0.15) is 5.56 Å². The molecule has 27 heavy (non-hydrogen) atoms. The van der Waals surface area contributed by atoms with E-state index in [0.717, 1.165) is 60.4 Å². The molecule has 0 atom stereocenters. The molecule has 5 heteroatoms. The van der Waals surface area contributed by atoms with Gasteiger partial charge in [-0.3, -0.25) is 9.59 Å². The Hall–Kier alpha value is -1.88. The summed E-state index contributed by atoms with van der Waals surface area (Å²) in [5.41, 5.74) is 4.41. The number of aromatic nitrogens is 1. The molecule has 0 aliphatic heterocycles. The lowest BCUT2D eigenvalue weighted by Crippen LogP contribution is -2.29. The summed E-state index contributed by atoms with van der Waals surface area (Å²) in [6.45, 7) is 10.8. The summed E-state index contributed by atoms with van der Waals surface area (Å²) in [6, 6.07) is 5.86. The standard InChI is InChI=1S/C22H29BrN2O2/c1-6-8-9-13-25-16(5)18(21(26)19(23)17(25)7-2)22(27)24-20-14(3)11-10-12-15(20)4/h10-12H,6-9,13H2,1-5H3,(H,24,27). The van der Waals surface area contributed by atoms with Gasteiger partial charge in [0, 0.05) is 23.6 Å². The molecule has 0 unspecified atom stereocenters. The molecule has 146 valence electrons.